The maximum Gasteiger partial charge on any atom is 0.407 e. The molecule has 0 spiro atoms. The second kappa shape index (κ2) is 12.0. The van der Waals surface area contributed by atoms with E-state index >= 15 is 0 Å². The fraction of sp³-hybridized carbons (Fsp3) is 0.769. The average molecular weight is 304 g/mol. The average Bonchev–Trinajstić information content (AvgIpc) is 2.48. The molecule has 0 bridgehead atoms. The lowest BCUT2D eigenvalue weighted by molar-refractivity contribution is -0.142. The molecule has 0 unspecified atom stereocenters. The van der Waals surface area contributed by atoms with Crippen molar-refractivity contribution < 1.29 is 29.0 Å². The normalized spacial score (nSPS) is 11.4. The van der Waals surface area contributed by atoms with Crippen LogP contribution < -0.4 is 10.6 Å². The molecule has 0 aliphatic rings. The second-order valence-electron chi connectivity index (χ2n) is 4.37. The van der Waals surface area contributed by atoms with E-state index in [1.807, 2.05) is 6.92 Å². The summed E-state index contributed by atoms with van der Waals surface area (Å²) in [6.45, 7) is 2.21. The van der Waals surface area contributed by atoms with Crippen molar-refractivity contribution in [2.24, 2.45) is 0 Å². The molecule has 21 heavy (non-hydrogen) atoms. The molecular weight excluding hydrogens is 280 g/mol. The Morgan fingerprint density at radius 2 is 1.95 bits per heavy atom. The number of carbonyl (C=O) groups is 3. The van der Waals surface area contributed by atoms with E-state index in [1.54, 1.807) is 0 Å². The van der Waals surface area contributed by atoms with E-state index in [0.29, 0.717) is 19.4 Å². The third-order valence-electron chi connectivity index (χ3n) is 2.57. The Morgan fingerprint density at radius 3 is 2.52 bits per heavy atom. The van der Waals surface area contributed by atoms with Crippen molar-refractivity contribution in [3.05, 3.63) is 0 Å². The highest BCUT2D eigenvalue weighted by Gasteiger charge is 2.14. The van der Waals surface area contributed by atoms with Gasteiger partial charge in [0, 0.05) is 19.6 Å². The van der Waals surface area contributed by atoms with Crippen LogP contribution in [0.3, 0.4) is 0 Å². The molecule has 0 aliphatic heterocycles. The Hall–Kier alpha value is -1.83. The first-order valence-electron chi connectivity index (χ1n) is 6.91. The number of carbonyl (C=O) groups excluding carboxylic acids is 3. The molecule has 0 rings (SSSR count). The number of alkyl carbamates (subject to hydrolysis) is 1. The van der Waals surface area contributed by atoms with Crippen LogP contribution in [0.2, 0.25) is 0 Å². The zero-order valence-electron chi connectivity index (χ0n) is 12.5. The highest BCUT2D eigenvalue weighted by Crippen LogP contribution is 1.95. The number of methoxy groups -OCH3 is 1. The first-order valence-corrected chi connectivity index (χ1v) is 6.91. The zero-order chi connectivity index (χ0) is 16.1. The minimum absolute atomic E-state index is 0.00102. The molecule has 0 radical (unpaired) electrons. The summed E-state index contributed by atoms with van der Waals surface area (Å²) in [7, 11) is 1.25. The summed E-state index contributed by atoms with van der Waals surface area (Å²) >= 11 is 0. The van der Waals surface area contributed by atoms with Gasteiger partial charge in [0.05, 0.1) is 26.2 Å². The van der Waals surface area contributed by atoms with Gasteiger partial charge < -0.3 is 25.2 Å². The lowest BCUT2D eigenvalue weighted by atomic mass is 10.2. The van der Waals surface area contributed by atoms with Gasteiger partial charge in [0.2, 0.25) is 5.91 Å². The zero-order valence-corrected chi connectivity index (χ0v) is 12.5. The number of aliphatic hydroxyl groups excluding tert-OH is 1. The number of amides is 2. The predicted octanol–water partition coefficient (Wildman–Crippen LogP) is -0.0570. The minimum Gasteiger partial charge on any atom is -0.469 e. The number of nitrogens with one attached hydrogen (secondary N) is 2. The van der Waals surface area contributed by atoms with Crippen LogP contribution in [-0.4, -0.2) is 56.0 Å². The van der Waals surface area contributed by atoms with Gasteiger partial charge in [0.25, 0.3) is 0 Å². The number of hydrogen-bond donors (Lipinski definition) is 3. The Balaban J connectivity index is 4.04. The van der Waals surface area contributed by atoms with Crippen LogP contribution >= 0.6 is 0 Å². The number of ether oxygens (including phenoxy) is 2. The van der Waals surface area contributed by atoms with Crippen molar-refractivity contribution in [2.75, 3.05) is 26.9 Å². The van der Waals surface area contributed by atoms with Crippen molar-refractivity contribution in [1.29, 1.82) is 0 Å². The van der Waals surface area contributed by atoms with E-state index in [0.717, 1.165) is 0 Å². The van der Waals surface area contributed by atoms with Crippen LogP contribution in [0.15, 0.2) is 0 Å². The Kier molecular flexibility index (Phi) is 10.9. The summed E-state index contributed by atoms with van der Waals surface area (Å²) in [5, 5.41) is 14.1. The first-order chi connectivity index (χ1) is 10.0. The van der Waals surface area contributed by atoms with Crippen molar-refractivity contribution >= 4 is 18.0 Å². The van der Waals surface area contributed by atoms with E-state index < -0.39 is 18.1 Å². The van der Waals surface area contributed by atoms with Gasteiger partial charge in [0.1, 0.15) is 0 Å². The molecule has 3 N–H and O–H groups in total. The molecule has 0 aromatic heterocycles. The molecule has 0 fully saturated rings. The molecule has 0 aliphatic carbocycles. The quantitative estimate of drug-likeness (QED) is 0.487. The first kappa shape index (κ1) is 19.2. The van der Waals surface area contributed by atoms with Gasteiger partial charge in [-0.25, -0.2) is 4.79 Å². The molecule has 0 heterocycles. The van der Waals surface area contributed by atoms with E-state index in [4.69, 9.17) is 9.84 Å². The van der Waals surface area contributed by atoms with Crippen LogP contribution in [0.25, 0.3) is 0 Å². The van der Waals surface area contributed by atoms with Crippen LogP contribution in [-0.2, 0) is 19.1 Å². The summed E-state index contributed by atoms with van der Waals surface area (Å²) in [6.07, 6.45) is 0.428. The molecular formula is C13H24N2O6. The maximum absolute atomic E-state index is 11.5. The Labute approximate surface area is 124 Å². The molecule has 0 aromatic rings. The fourth-order valence-corrected chi connectivity index (χ4v) is 1.43. The van der Waals surface area contributed by atoms with E-state index in [1.165, 1.54) is 7.11 Å². The Morgan fingerprint density at radius 1 is 1.24 bits per heavy atom. The Bertz CT molecular complexity index is 335. The van der Waals surface area contributed by atoms with Gasteiger partial charge in [-0.05, 0) is 12.8 Å². The second-order valence-corrected chi connectivity index (χ2v) is 4.37. The summed E-state index contributed by atoms with van der Waals surface area (Å²) in [5.74, 6) is -0.787. The molecule has 8 heteroatoms. The predicted molar refractivity (Wildman–Crippen MR) is 74.5 cm³/mol. The summed E-state index contributed by atoms with van der Waals surface area (Å²) in [4.78, 5) is 33.8. The minimum atomic E-state index is -0.584. The van der Waals surface area contributed by atoms with Crippen molar-refractivity contribution in [2.45, 2.75) is 38.6 Å². The molecule has 1 atom stereocenters. The molecule has 0 aromatic carbocycles. The lowest BCUT2D eigenvalue weighted by Crippen LogP contribution is -2.44. The molecule has 0 saturated heterocycles. The lowest BCUT2D eigenvalue weighted by Gasteiger charge is -2.18. The molecule has 2 amide bonds. The monoisotopic (exact) mass is 304 g/mol. The smallest absolute Gasteiger partial charge is 0.407 e. The van der Waals surface area contributed by atoms with Gasteiger partial charge in [-0.1, -0.05) is 6.92 Å². The van der Waals surface area contributed by atoms with Gasteiger partial charge in [-0.3, -0.25) is 9.59 Å². The van der Waals surface area contributed by atoms with E-state index in [9.17, 15) is 14.4 Å². The van der Waals surface area contributed by atoms with Crippen LogP contribution in [0.4, 0.5) is 4.79 Å². The molecule has 0 saturated carbocycles. The highest BCUT2D eigenvalue weighted by atomic mass is 16.5. The van der Waals surface area contributed by atoms with Crippen molar-refractivity contribution in [3.63, 3.8) is 0 Å². The third kappa shape index (κ3) is 10.6. The topological polar surface area (TPSA) is 114 Å². The number of aliphatic hydroxyl groups is 1. The fourth-order valence-electron chi connectivity index (χ4n) is 1.43. The highest BCUT2D eigenvalue weighted by molar-refractivity contribution is 5.81. The van der Waals surface area contributed by atoms with E-state index in [2.05, 4.69) is 15.4 Å². The standard InChI is InChI=1S/C13H24N2O6/c1-3-8-21-13(19)15-10(6-7-16)9-14-11(17)4-5-12(18)20-2/h10,16H,3-9H2,1-2H3,(H,14,17)(H,15,19)/t10-/m0/s1. The number of esters is 1. The van der Waals surface area contributed by atoms with E-state index in [-0.39, 0.29) is 31.9 Å². The summed E-state index contributed by atoms with van der Waals surface area (Å²) in [5.41, 5.74) is 0. The largest absolute Gasteiger partial charge is 0.469 e. The van der Waals surface area contributed by atoms with Gasteiger partial charge >= 0.3 is 12.1 Å². The third-order valence-corrected chi connectivity index (χ3v) is 2.57. The van der Waals surface area contributed by atoms with Gasteiger partial charge in [-0.2, -0.15) is 0 Å². The maximum atomic E-state index is 11.5. The van der Waals surface area contributed by atoms with Crippen LogP contribution in [0.1, 0.15) is 32.6 Å². The van der Waals surface area contributed by atoms with Crippen molar-refractivity contribution in [1.82, 2.24) is 10.6 Å². The SMILES string of the molecule is CCCOC(=O)N[C@@H](CCO)CNC(=O)CCC(=O)OC. The van der Waals surface area contributed by atoms with Gasteiger partial charge in [0.15, 0.2) is 0 Å². The summed E-state index contributed by atoms with van der Waals surface area (Å²) in [6, 6.07) is -0.429. The van der Waals surface area contributed by atoms with Crippen LogP contribution in [0, 0.1) is 0 Å². The summed E-state index contributed by atoms with van der Waals surface area (Å²) < 4.78 is 9.29. The number of hydrogen-bond acceptors (Lipinski definition) is 6. The molecule has 122 valence electrons. The number of rotatable bonds is 10. The molecule has 8 nitrogen and oxygen atoms in total. The van der Waals surface area contributed by atoms with Crippen LogP contribution in [0.5, 0.6) is 0 Å². The van der Waals surface area contributed by atoms with Gasteiger partial charge in [-0.15, -0.1) is 0 Å². The van der Waals surface area contributed by atoms with Crippen molar-refractivity contribution in [3.8, 4) is 0 Å².